The van der Waals surface area contributed by atoms with Crippen LogP contribution in [0.25, 0.3) is 22.2 Å². The molecule has 144 valence electrons. The van der Waals surface area contributed by atoms with Gasteiger partial charge in [-0.3, -0.25) is 0 Å². The highest BCUT2D eigenvalue weighted by molar-refractivity contribution is 5.93. The number of aromatic nitrogens is 1. The molecule has 0 bridgehead atoms. The van der Waals surface area contributed by atoms with Gasteiger partial charge in [-0.2, -0.15) is 13.2 Å². The van der Waals surface area contributed by atoms with Gasteiger partial charge in [-0.15, -0.1) is 0 Å². The zero-order valence-corrected chi connectivity index (χ0v) is 15.7. The van der Waals surface area contributed by atoms with Crippen LogP contribution in [-0.4, -0.2) is 11.5 Å². The van der Waals surface area contributed by atoms with Gasteiger partial charge >= 0.3 is 6.18 Å². The normalized spacial score (nSPS) is 12.3. The third kappa shape index (κ3) is 4.03. The molecule has 2 aromatic carbocycles. The van der Waals surface area contributed by atoms with Crippen molar-refractivity contribution in [1.82, 2.24) is 4.98 Å². The van der Waals surface area contributed by atoms with Gasteiger partial charge < -0.3 is 10.7 Å². The van der Waals surface area contributed by atoms with E-state index in [4.69, 9.17) is 5.73 Å². The van der Waals surface area contributed by atoms with Crippen LogP contribution in [0.3, 0.4) is 0 Å². The quantitative estimate of drug-likeness (QED) is 0.491. The monoisotopic (exact) mass is 374 g/mol. The molecule has 0 spiro atoms. The minimum Gasteiger partial charge on any atom is -0.354 e. The minimum atomic E-state index is -4.33. The summed E-state index contributed by atoms with van der Waals surface area (Å²) in [6, 6.07) is 11.6. The summed E-state index contributed by atoms with van der Waals surface area (Å²) in [4.78, 5) is 3.50. The molecule has 0 saturated heterocycles. The maximum Gasteiger partial charge on any atom is 0.416 e. The van der Waals surface area contributed by atoms with Crippen LogP contribution in [0.5, 0.6) is 0 Å². The van der Waals surface area contributed by atoms with Crippen LogP contribution in [0.4, 0.5) is 13.2 Å². The summed E-state index contributed by atoms with van der Waals surface area (Å²) in [5.74, 6) is 0.352. The van der Waals surface area contributed by atoms with Crippen LogP contribution >= 0.6 is 0 Å². The SMILES string of the molecule is CC(C)c1cccc2c(CCCCN)c(-c3ccc(C(F)(F)F)cc3)[nH]c12. The average Bonchev–Trinajstić information content (AvgIpc) is 3.00. The van der Waals surface area contributed by atoms with Crippen molar-refractivity contribution in [2.75, 3.05) is 6.54 Å². The Morgan fingerprint density at radius 3 is 2.30 bits per heavy atom. The third-order valence-electron chi connectivity index (χ3n) is 4.98. The number of hydrogen-bond acceptors (Lipinski definition) is 1. The summed E-state index contributed by atoms with van der Waals surface area (Å²) < 4.78 is 38.7. The van der Waals surface area contributed by atoms with Crippen molar-refractivity contribution in [3.05, 3.63) is 59.2 Å². The predicted molar refractivity (Wildman–Crippen MR) is 105 cm³/mol. The van der Waals surface area contributed by atoms with Crippen LogP contribution in [-0.2, 0) is 12.6 Å². The molecule has 1 aromatic heterocycles. The van der Waals surface area contributed by atoms with Gasteiger partial charge in [0.15, 0.2) is 0 Å². The molecule has 0 aliphatic carbocycles. The highest BCUT2D eigenvalue weighted by Crippen LogP contribution is 2.36. The van der Waals surface area contributed by atoms with E-state index in [1.807, 2.05) is 0 Å². The number of alkyl halides is 3. The highest BCUT2D eigenvalue weighted by atomic mass is 19.4. The van der Waals surface area contributed by atoms with Crippen molar-refractivity contribution in [1.29, 1.82) is 0 Å². The minimum absolute atomic E-state index is 0.352. The Morgan fingerprint density at radius 2 is 1.70 bits per heavy atom. The molecule has 3 aromatic rings. The summed E-state index contributed by atoms with van der Waals surface area (Å²) in [7, 11) is 0. The first-order valence-corrected chi connectivity index (χ1v) is 9.34. The fourth-order valence-corrected chi connectivity index (χ4v) is 3.56. The second-order valence-corrected chi connectivity index (χ2v) is 7.22. The van der Waals surface area contributed by atoms with Crippen molar-refractivity contribution in [2.45, 2.75) is 45.2 Å². The molecule has 0 saturated carbocycles. The third-order valence-corrected chi connectivity index (χ3v) is 4.98. The van der Waals surface area contributed by atoms with Crippen LogP contribution in [0.2, 0.25) is 0 Å². The van der Waals surface area contributed by atoms with E-state index in [1.54, 1.807) is 12.1 Å². The van der Waals surface area contributed by atoms with Gasteiger partial charge in [-0.05, 0) is 60.5 Å². The molecule has 1 heterocycles. The summed E-state index contributed by atoms with van der Waals surface area (Å²) in [6.07, 6.45) is -1.62. The molecular formula is C22H25F3N2. The lowest BCUT2D eigenvalue weighted by Gasteiger charge is -2.09. The van der Waals surface area contributed by atoms with E-state index in [-0.39, 0.29) is 0 Å². The van der Waals surface area contributed by atoms with Crippen molar-refractivity contribution in [2.24, 2.45) is 5.73 Å². The Balaban J connectivity index is 2.12. The molecule has 0 unspecified atom stereocenters. The van der Waals surface area contributed by atoms with E-state index < -0.39 is 11.7 Å². The maximum atomic E-state index is 12.9. The molecule has 0 amide bonds. The van der Waals surface area contributed by atoms with Gasteiger partial charge in [0.2, 0.25) is 0 Å². The molecular weight excluding hydrogens is 349 g/mol. The lowest BCUT2D eigenvalue weighted by Crippen LogP contribution is -2.04. The smallest absolute Gasteiger partial charge is 0.354 e. The number of H-pyrrole nitrogens is 1. The van der Waals surface area contributed by atoms with E-state index in [0.29, 0.717) is 12.5 Å². The van der Waals surface area contributed by atoms with Crippen molar-refractivity contribution in [3.8, 4) is 11.3 Å². The second-order valence-electron chi connectivity index (χ2n) is 7.22. The summed E-state index contributed by atoms with van der Waals surface area (Å²) in [5, 5.41) is 1.15. The molecule has 0 fully saturated rings. The van der Waals surface area contributed by atoms with E-state index in [1.165, 1.54) is 5.56 Å². The molecule has 0 radical (unpaired) electrons. The maximum absolute atomic E-state index is 12.9. The van der Waals surface area contributed by atoms with Crippen LogP contribution in [0, 0.1) is 0 Å². The fraction of sp³-hybridized carbons (Fsp3) is 0.364. The predicted octanol–water partition coefficient (Wildman–Crippen LogP) is 6.26. The van der Waals surface area contributed by atoms with Crippen molar-refractivity contribution >= 4 is 10.9 Å². The van der Waals surface area contributed by atoms with E-state index in [9.17, 15) is 13.2 Å². The molecule has 2 nitrogen and oxygen atoms in total. The first kappa shape index (κ1) is 19.5. The summed E-state index contributed by atoms with van der Waals surface area (Å²) in [5.41, 5.74) is 10.1. The lowest BCUT2D eigenvalue weighted by atomic mass is 9.96. The Morgan fingerprint density at radius 1 is 1.00 bits per heavy atom. The lowest BCUT2D eigenvalue weighted by molar-refractivity contribution is -0.137. The number of nitrogens with one attached hydrogen (secondary N) is 1. The number of fused-ring (bicyclic) bond motifs is 1. The Bertz CT molecular complexity index is 906. The molecule has 0 aliphatic heterocycles. The number of unbranched alkanes of at least 4 members (excludes halogenated alkanes) is 1. The zero-order valence-electron chi connectivity index (χ0n) is 15.7. The number of para-hydroxylation sites is 1. The van der Waals surface area contributed by atoms with Crippen molar-refractivity contribution < 1.29 is 13.2 Å². The van der Waals surface area contributed by atoms with E-state index in [0.717, 1.165) is 59.1 Å². The first-order chi connectivity index (χ1) is 12.8. The Hall–Kier alpha value is -2.27. The number of halogens is 3. The number of aromatic amines is 1. The number of aryl methyl sites for hydroxylation is 1. The van der Waals surface area contributed by atoms with Crippen LogP contribution in [0.1, 0.15) is 49.3 Å². The molecule has 3 N–H and O–H groups in total. The standard InChI is InChI=1S/C22H25F3N2/c1-14(2)17-7-5-8-19-18(6-3-4-13-26)20(27-21(17)19)15-9-11-16(12-10-15)22(23,24)25/h5,7-12,14,27H,3-4,6,13,26H2,1-2H3. The number of nitrogens with two attached hydrogens (primary N) is 1. The number of benzene rings is 2. The average molecular weight is 374 g/mol. The van der Waals surface area contributed by atoms with Gasteiger partial charge in [-0.25, -0.2) is 0 Å². The molecule has 0 aliphatic rings. The molecule has 27 heavy (non-hydrogen) atoms. The largest absolute Gasteiger partial charge is 0.416 e. The van der Waals surface area contributed by atoms with Crippen LogP contribution in [0.15, 0.2) is 42.5 Å². The van der Waals surface area contributed by atoms with E-state index in [2.05, 4.69) is 37.0 Å². The molecule has 0 atom stereocenters. The molecule has 5 heteroatoms. The molecule has 3 rings (SSSR count). The van der Waals surface area contributed by atoms with Crippen molar-refractivity contribution in [3.63, 3.8) is 0 Å². The topological polar surface area (TPSA) is 41.8 Å². The summed E-state index contributed by atoms with van der Waals surface area (Å²) >= 11 is 0. The van der Waals surface area contributed by atoms with Gasteiger partial charge in [0.05, 0.1) is 5.56 Å². The highest BCUT2D eigenvalue weighted by Gasteiger charge is 2.30. The number of rotatable bonds is 6. The van der Waals surface area contributed by atoms with Gasteiger partial charge in [0.25, 0.3) is 0 Å². The fourth-order valence-electron chi connectivity index (χ4n) is 3.56. The Kier molecular flexibility index (Phi) is 5.61. The van der Waals surface area contributed by atoms with Gasteiger partial charge in [-0.1, -0.05) is 44.2 Å². The summed E-state index contributed by atoms with van der Waals surface area (Å²) in [6.45, 7) is 4.91. The first-order valence-electron chi connectivity index (χ1n) is 9.34. The Labute approximate surface area is 157 Å². The zero-order chi connectivity index (χ0) is 19.6. The van der Waals surface area contributed by atoms with Gasteiger partial charge in [0, 0.05) is 16.6 Å². The number of hydrogen-bond donors (Lipinski definition) is 2. The van der Waals surface area contributed by atoms with Gasteiger partial charge in [0.1, 0.15) is 0 Å². The van der Waals surface area contributed by atoms with E-state index >= 15 is 0 Å². The van der Waals surface area contributed by atoms with Crippen LogP contribution < -0.4 is 5.73 Å². The second kappa shape index (κ2) is 7.77.